The lowest BCUT2D eigenvalue weighted by Gasteiger charge is -2.22. The van der Waals surface area contributed by atoms with Crippen LogP contribution in [0.1, 0.15) is 37.0 Å². The number of nitrogens with one attached hydrogen (secondary N) is 1. The Bertz CT molecular complexity index is 595. The molecule has 1 aromatic rings. The van der Waals surface area contributed by atoms with Crippen LogP contribution < -0.4 is 10.2 Å². The number of carbonyl (C=O) groups excluding carboxylic acids is 2. The molecular formula is C15H18N2O4. The minimum Gasteiger partial charge on any atom is -0.480 e. The zero-order valence-electron chi connectivity index (χ0n) is 12.0. The first kappa shape index (κ1) is 15.0. The highest BCUT2D eigenvalue weighted by Crippen LogP contribution is 2.22. The van der Waals surface area contributed by atoms with Crippen molar-refractivity contribution in [2.45, 2.75) is 32.2 Å². The summed E-state index contributed by atoms with van der Waals surface area (Å²) in [5.74, 6) is -1.55. The number of hydrogen-bond acceptors (Lipinski definition) is 3. The van der Waals surface area contributed by atoms with E-state index in [2.05, 4.69) is 5.32 Å². The van der Waals surface area contributed by atoms with Gasteiger partial charge in [-0.1, -0.05) is 6.07 Å². The van der Waals surface area contributed by atoms with Crippen LogP contribution in [-0.2, 0) is 9.59 Å². The molecule has 112 valence electrons. The van der Waals surface area contributed by atoms with E-state index in [1.54, 1.807) is 29.2 Å². The summed E-state index contributed by atoms with van der Waals surface area (Å²) in [5.41, 5.74) is -0.351. The minimum atomic E-state index is -1.35. The predicted molar refractivity (Wildman–Crippen MR) is 77.2 cm³/mol. The molecule has 0 aromatic heterocycles. The molecular weight excluding hydrogens is 272 g/mol. The van der Waals surface area contributed by atoms with E-state index in [0.29, 0.717) is 24.2 Å². The molecule has 0 radical (unpaired) electrons. The summed E-state index contributed by atoms with van der Waals surface area (Å²) in [6, 6.07) is 6.65. The summed E-state index contributed by atoms with van der Waals surface area (Å²) >= 11 is 0. The second kappa shape index (κ2) is 5.55. The van der Waals surface area contributed by atoms with Gasteiger partial charge in [-0.05, 0) is 38.5 Å². The van der Waals surface area contributed by atoms with Crippen molar-refractivity contribution in [1.82, 2.24) is 5.32 Å². The SMILES string of the molecule is CC(C)(NC(=O)c1cccc(N2CCCC2=O)c1)C(=O)O. The molecule has 1 saturated heterocycles. The van der Waals surface area contributed by atoms with Crippen molar-refractivity contribution in [3.8, 4) is 0 Å². The largest absolute Gasteiger partial charge is 0.480 e. The minimum absolute atomic E-state index is 0.0402. The van der Waals surface area contributed by atoms with Gasteiger partial charge in [0.15, 0.2) is 0 Å². The molecule has 0 spiro atoms. The van der Waals surface area contributed by atoms with E-state index in [1.807, 2.05) is 0 Å². The van der Waals surface area contributed by atoms with E-state index in [-0.39, 0.29) is 5.91 Å². The number of hydrogen-bond donors (Lipinski definition) is 2. The van der Waals surface area contributed by atoms with Gasteiger partial charge < -0.3 is 15.3 Å². The summed E-state index contributed by atoms with van der Waals surface area (Å²) in [5, 5.41) is 11.5. The fourth-order valence-corrected chi connectivity index (χ4v) is 2.15. The molecule has 2 rings (SSSR count). The molecule has 1 aliphatic rings. The smallest absolute Gasteiger partial charge is 0.328 e. The first-order valence-electron chi connectivity index (χ1n) is 6.77. The molecule has 1 aliphatic heterocycles. The molecule has 0 aliphatic carbocycles. The number of carbonyl (C=O) groups is 3. The van der Waals surface area contributed by atoms with Crippen molar-refractivity contribution in [1.29, 1.82) is 0 Å². The van der Waals surface area contributed by atoms with E-state index in [0.717, 1.165) is 6.42 Å². The molecule has 2 N–H and O–H groups in total. The summed E-state index contributed by atoms with van der Waals surface area (Å²) < 4.78 is 0. The van der Waals surface area contributed by atoms with Crippen LogP contribution in [0.15, 0.2) is 24.3 Å². The number of rotatable bonds is 4. The Hall–Kier alpha value is -2.37. The lowest BCUT2D eigenvalue weighted by molar-refractivity contribution is -0.143. The molecule has 2 amide bonds. The summed E-state index contributed by atoms with van der Waals surface area (Å²) in [7, 11) is 0. The van der Waals surface area contributed by atoms with Crippen LogP contribution in [-0.4, -0.2) is 35.0 Å². The van der Waals surface area contributed by atoms with Gasteiger partial charge in [0.1, 0.15) is 5.54 Å². The van der Waals surface area contributed by atoms with E-state index in [1.165, 1.54) is 13.8 Å². The van der Waals surface area contributed by atoms with Gasteiger partial charge in [-0.25, -0.2) is 4.79 Å². The summed E-state index contributed by atoms with van der Waals surface area (Å²) in [4.78, 5) is 36.5. The second-order valence-corrected chi connectivity index (χ2v) is 5.58. The Morgan fingerprint density at radius 2 is 2.05 bits per heavy atom. The third-order valence-corrected chi connectivity index (χ3v) is 3.45. The van der Waals surface area contributed by atoms with Crippen molar-refractivity contribution < 1.29 is 19.5 Å². The monoisotopic (exact) mass is 290 g/mol. The number of carboxylic acid groups (broad SMARTS) is 1. The van der Waals surface area contributed by atoms with Gasteiger partial charge >= 0.3 is 5.97 Å². The molecule has 0 bridgehead atoms. The van der Waals surface area contributed by atoms with Crippen molar-refractivity contribution in [3.63, 3.8) is 0 Å². The quantitative estimate of drug-likeness (QED) is 0.877. The molecule has 0 saturated carbocycles. The number of aliphatic carboxylic acids is 1. The fourth-order valence-electron chi connectivity index (χ4n) is 2.15. The standard InChI is InChI=1S/C15H18N2O4/c1-15(2,14(20)21)16-13(19)10-5-3-6-11(9-10)17-8-4-7-12(17)18/h3,5-6,9H,4,7-8H2,1-2H3,(H,16,19)(H,20,21). The highest BCUT2D eigenvalue weighted by atomic mass is 16.4. The van der Waals surface area contributed by atoms with Gasteiger partial charge in [0.05, 0.1) is 0 Å². The Morgan fingerprint density at radius 1 is 1.33 bits per heavy atom. The third-order valence-electron chi connectivity index (χ3n) is 3.45. The zero-order chi connectivity index (χ0) is 15.6. The van der Waals surface area contributed by atoms with Gasteiger partial charge in [-0.3, -0.25) is 9.59 Å². The van der Waals surface area contributed by atoms with Crippen LogP contribution in [0.4, 0.5) is 5.69 Å². The zero-order valence-corrected chi connectivity index (χ0v) is 12.0. The van der Waals surface area contributed by atoms with Gasteiger partial charge in [0, 0.05) is 24.2 Å². The van der Waals surface area contributed by atoms with Gasteiger partial charge in [0.25, 0.3) is 5.91 Å². The fraction of sp³-hybridized carbons (Fsp3) is 0.400. The molecule has 0 atom stereocenters. The van der Waals surface area contributed by atoms with Crippen LogP contribution in [0, 0.1) is 0 Å². The Kier molecular flexibility index (Phi) is 3.97. The predicted octanol–water partition coefficient (Wildman–Crippen LogP) is 1.41. The average molecular weight is 290 g/mol. The molecule has 1 heterocycles. The highest BCUT2D eigenvalue weighted by molar-refractivity contribution is 6.00. The number of anilines is 1. The van der Waals surface area contributed by atoms with Crippen molar-refractivity contribution in [2.75, 3.05) is 11.4 Å². The lowest BCUT2D eigenvalue weighted by Crippen LogP contribution is -2.49. The first-order valence-corrected chi connectivity index (χ1v) is 6.77. The van der Waals surface area contributed by atoms with E-state index >= 15 is 0 Å². The molecule has 6 heteroatoms. The van der Waals surface area contributed by atoms with E-state index < -0.39 is 17.4 Å². The molecule has 1 fully saturated rings. The summed E-state index contributed by atoms with van der Waals surface area (Å²) in [6.07, 6.45) is 1.32. The molecule has 0 unspecified atom stereocenters. The number of nitrogens with zero attached hydrogens (tertiary/aromatic N) is 1. The molecule has 21 heavy (non-hydrogen) atoms. The Labute approximate surface area is 122 Å². The second-order valence-electron chi connectivity index (χ2n) is 5.58. The molecule has 1 aromatic carbocycles. The Balaban J connectivity index is 2.19. The number of amides is 2. The molecule has 6 nitrogen and oxygen atoms in total. The van der Waals surface area contributed by atoms with Crippen molar-refractivity contribution in [2.24, 2.45) is 0 Å². The highest BCUT2D eigenvalue weighted by Gasteiger charge is 2.29. The topological polar surface area (TPSA) is 86.7 Å². The Morgan fingerprint density at radius 3 is 2.62 bits per heavy atom. The van der Waals surface area contributed by atoms with Crippen molar-refractivity contribution >= 4 is 23.5 Å². The van der Waals surface area contributed by atoms with Crippen LogP contribution >= 0.6 is 0 Å². The van der Waals surface area contributed by atoms with Gasteiger partial charge in [-0.2, -0.15) is 0 Å². The van der Waals surface area contributed by atoms with Crippen LogP contribution in [0.5, 0.6) is 0 Å². The van der Waals surface area contributed by atoms with Gasteiger partial charge in [-0.15, -0.1) is 0 Å². The van der Waals surface area contributed by atoms with E-state index in [9.17, 15) is 14.4 Å². The maximum atomic E-state index is 12.1. The summed E-state index contributed by atoms with van der Waals surface area (Å²) in [6.45, 7) is 3.48. The maximum absolute atomic E-state index is 12.1. The third kappa shape index (κ3) is 3.21. The number of benzene rings is 1. The number of carboxylic acids is 1. The maximum Gasteiger partial charge on any atom is 0.328 e. The normalized spacial score (nSPS) is 15.1. The van der Waals surface area contributed by atoms with Crippen LogP contribution in [0.2, 0.25) is 0 Å². The first-order chi connectivity index (χ1) is 9.81. The lowest BCUT2D eigenvalue weighted by atomic mass is 10.0. The van der Waals surface area contributed by atoms with Crippen LogP contribution in [0.3, 0.4) is 0 Å². The van der Waals surface area contributed by atoms with Crippen molar-refractivity contribution in [3.05, 3.63) is 29.8 Å². The van der Waals surface area contributed by atoms with Crippen LogP contribution in [0.25, 0.3) is 0 Å². The van der Waals surface area contributed by atoms with E-state index in [4.69, 9.17) is 5.11 Å². The average Bonchev–Trinajstić information content (AvgIpc) is 2.84. The van der Waals surface area contributed by atoms with Gasteiger partial charge in [0.2, 0.25) is 5.91 Å².